The third-order valence-electron chi connectivity index (χ3n) is 4.12. The maximum Gasteiger partial charge on any atom is 0.347 e. The highest BCUT2D eigenvalue weighted by Gasteiger charge is 2.20. The molecule has 3 N–H and O–H groups in total. The van der Waals surface area contributed by atoms with E-state index in [9.17, 15) is 14.4 Å². The van der Waals surface area contributed by atoms with Crippen molar-refractivity contribution in [3.05, 3.63) is 54.1 Å². The minimum Gasteiger partial charge on any atom is -0.426 e. The van der Waals surface area contributed by atoms with Gasteiger partial charge in [0.1, 0.15) is 22.5 Å². The average Bonchev–Trinajstić information content (AvgIpc) is 2.78. The number of hydrogen-bond donors (Lipinski definition) is 2. The largest absolute Gasteiger partial charge is 0.426 e. The van der Waals surface area contributed by atoms with Crippen molar-refractivity contribution in [1.82, 2.24) is 5.32 Å². The van der Waals surface area contributed by atoms with Gasteiger partial charge in [0.25, 0.3) is 0 Å². The second-order valence-electron chi connectivity index (χ2n) is 7.18. The van der Waals surface area contributed by atoms with E-state index >= 15 is 0 Å². The molecular formula is C22H23N3O5S2. The molecule has 10 heteroatoms. The highest BCUT2D eigenvalue weighted by molar-refractivity contribution is 8.03. The van der Waals surface area contributed by atoms with E-state index in [1.807, 2.05) is 19.2 Å². The van der Waals surface area contributed by atoms with Crippen LogP contribution in [0.3, 0.4) is 0 Å². The molecular weight excluding hydrogens is 450 g/mol. The SMILES string of the molecule is CC(C)(CNC(=O)CCC(=O)Oc1ccccc1C(=O)Oc1ccc(SC#N)cc1)SN. The van der Waals surface area contributed by atoms with Crippen LogP contribution in [0.2, 0.25) is 0 Å². The molecule has 0 aliphatic carbocycles. The molecule has 0 aromatic heterocycles. The number of ether oxygens (including phenoxy) is 2. The fourth-order valence-corrected chi connectivity index (χ4v) is 2.88. The van der Waals surface area contributed by atoms with Crippen LogP contribution in [0.5, 0.6) is 11.5 Å². The normalized spacial score (nSPS) is 10.7. The number of nitrogens with two attached hydrogens (primary N) is 1. The van der Waals surface area contributed by atoms with E-state index in [4.69, 9.17) is 19.9 Å². The van der Waals surface area contributed by atoms with Crippen LogP contribution in [0.15, 0.2) is 53.4 Å². The predicted octanol–water partition coefficient (Wildman–Crippen LogP) is 3.67. The topological polar surface area (TPSA) is 132 Å². The lowest BCUT2D eigenvalue weighted by Gasteiger charge is -2.21. The number of carbonyl (C=O) groups excluding carboxylic acids is 3. The second-order valence-corrected chi connectivity index (χ2v) is 9.38. The standard InChI is InChI=1S/C22H23N3O5S2/c1-22(2,32-24)13-25-19(26)11-12-20(27)30-18-6-4-3-5-17(18)21(28)29-15-7-9-16(10-8-15)31-14-23/h3-10H,11-13,24H2,1-2H3,(H,25,26). The number of nitrogens with one attached hydrogen (secondary N) is 1. The molecule has 8 nitrogen and oxygen atoms in total. The van der Waals surface area contributed by atoms with Crippen LogP contribution in [0.1, 0.15) is 37.0 Å². The number of rotatable bonds is 10. The molecule has 32 heavy (non-hydrogen) atoms. The molecule has 0 aliphatic rings. The Morgan fingerprint density at radius 2 is 1.75 bits per heavy atom. The molecule has 1 amide bonds. The fraction of sp³-hybridized carbons (Fsp3) is 0.273. The molecule has 0 aliphatic heterocycles. The molecule has 2 aromatic carbocycles. The predicted molar refractivity (Wildman–Crippen MR) is 123 cm³/mol. The van der Waals surface area contributed by atoms with E-state index in [1.165, 1.54) is 12.1 Å². The molecule has 0 spiro atoms. The van der Waals surface area contributed by atoms with E-state index in [2.05, 4.69) is 5.32 Å². The number of amides is 1. The maximum atomic E-state index is 12.6. The molecule has 2 rings (SSSR count). The number of para-hydroxylation sites is 1. The number of carbonyl (C=O) groups is 3. The van der Waals surface area contributed by atoms with E-state index in [0.717, 1.165) is 28.6 Å². The van der Waals surface area contributed by atoms with Crippen molar-refractivity contribution in [3.8, 4) is 16.9 Å². The first kappa shape index (κ1) is 25.3. The summed E-state index contributed by atoms with van der Waals surface area (Å²) in [5, 5.41) is 18.9. The van der Waals surface area contributed by atoms with E-state index < -0.39 is 11.9 Å². The number of nitrogens with zero attached hydrogens (tertiary/aromatic N) is 1. The number of esters is 2. The first-order chi connectivity index (χ1) is 15.2. The first-order valence-electron chi connectivity index (χ1n) is 9.56. The van der Waals surface area contributed by atoms with Gasteiger partial charge in [0.2, 0.25) is 5.91 Å². The third-order valence-corrected chi connectivity index (χ3v) is 5.50. The summed E-state index contributed by atoms with van der Waals surface area (Å²) in [6.07, 6.45) is -0.201. The Morgan fingerprint density at radius 3 is 2.41 bits per heavy atom. The Labute approximate surface area is 195 Å². The van der Waals surface area contributed by atoms with Gasteiger partial charge in [-0.25, -0.2) is 4.79 Å². The fourth-order valence-electron chi connectivity index (χ4n) is 2.35. The number of thiocyanates is 1. The van der Waals surface area contributed by atoms with Gasteiger partial charge in [0, 0.05) is 22.6 Å². The van der Waals surface area contributed by atoms with Crippen molar-refractivity contribution < 1.29 is 23.9 Å². The molecule has 2 aromatic rings. The van der Waals surface area contributed by atoms with Crippen LogP contribution in [0.25, 0.3) is 0 Å². The summed E-state index contributed by atoms with van der Waals surface area (Å²) in [5.41, 5.74) is 0.0718. The Hall–Kier alpha value is -3.00. The summed E-state index contributed by atoms with van der Waals surface area (Å²) in [4.78, 5) is 37.4. The monoisotopic (exact) mass is 473 g/mol. The summed E-state index contributed by atoms with van der Waals surface area (Å²) >= 11 is 2.13. The van der Waals surface area contributed by atoms with Gasteiger partial charge in [-0.2, -0.15) is 5.26 Å². The molecule has 0 fully saturated rings. The highest BCUT2D eigenvalue weighted by atomic mass is 32.2. The number of thioether (sulfide) groups is 1. The van der Waals surface area contributed by atoms with Gasteiger partial charge in [-0.05, 0) is 62.0 Å². The second kappa shape index (κ2) is 12.1. The summed E-state index contributed by atoms with van der Waals surface area (Å²) in [5.74, 6) is -1.32. The number of nitriles is 1. The van der Waals surface area contributed by atoms with Crippen molar-refractivity contribution in [1.29, 1.82) is 5.26 Å². The maximum absolute atomic E-state index is 12.6. The van der Waals surface area contributed by atoms with Crippen molar-refractivity contribution in [2.75, 3.05) is 6.54 Å². The van der Waals surface area contributed by atoms with Crippen LogP contribution in [0.4, 0.5) is 0 Å². The molecule has 0 bridgehead atoms. The van der Waals surface area contributed by atoms with E-state index in [-0.39, 0.29) is 40.6 Å². The molecule has 0 atom stereocenters. The average molecular weight is 474 g/mol. The molecule has 0 saturated carbocycles. The lowest BCUT2D eigenvalue weighted by atomic mass is 10.2. The van der Waals surface area contributed by atoms with Crippen LogP contribution < -0.4 is 19.9 Å². The molecule has 168 valence electrons. The van der Waals surface area contributed by atoms with Crippen molar-refractivity contribution >= 4 is 41.6 Å². The Kier molecular flexibility index (Phi) is 9.59. The van der Waals surface area contributed by atoms with Gasteiger partial charge in [-0.15, -0.1) is 0 Å². The minimum atomic E-state index is -0.701. The lowest BCUT2D eigenvalue weighted by molar-refractivity contribution is -0.136. The lowest BCUT2D eigenvalue weighted by Crippen LogP contribution is -2.37. The van der Waals surface area contributed by atoms with Gasteiger partial charge >= 0.3 is 11.9 Å². The Balaban J connectivity index is 1.93. The Morgan fingerprint density at radius 1 is 1.06 bits per heavy atom. The number of benzene rings is 2. The van der Waals surface area contributed by atoms with Gasteiger partial charge in [0.15, 0.2) is 0 Å². The third kappa shape index (κ3) is 8.26. The summed E-state index contributed by atoms with van der Waals surface area (Å²) in [6.45, 7) is 4.15. The number of hydrogen-bond acceptors (Lipinski definition) is 9. The van der Waals surface area contributed by atoms with Gasteiger partial charge in [-0.3, -0.25) is 14.7 Å². The molecule has 0 heterocycles. The summed E-state index contributed by atoms with van der Waals surface area (Å²) in [7, 11) is 0. The van der Waals surface area contributed by atoms with Gasteiger partial charge < -0.3 is 14.8 Å². The molecule has 0 radical (unpaired) electrons. The highest BCUT2D eigenvalue weighted by Crippen LogP contribution is 2.24. The van der Waals surface area contributed by atoms with Crippen LogP contribution in [-0.4, -0.2) is 29.1 Å². The zero-order valence-corrected chi connectivity index (χ0v) is 19.3. The van der Waals surface area contributed by atoms with Crippen LogP contribution in [0, 0.1) is 10.7 Å². The van der Waals surface area contributed by atoms with Crippen LogP contribution >= 0.6 is 23.7 Å². The smallest absolute Gasteiger partial charge is 0.347 e. The van der Waals surface area contributed by atoms with Gasteiger partial charge in [0.05, 0.1) is 6.42 Å². The first-order valence-corrected chi connectivity index (χ1v) is 11.3. The van der Waals surface area contributed by atoms with E-state index in [0.29, 0.717) is 6.54 Å². The summed E-state index contributed by atoms with van der Waals surface area (Å²) < 4.78 is 10.3. The molecule has 0 saturated heterocycles. The zero-order chi connectivity index (χ0) is 23.6. The Bertz CT molecular complexity index is 1000. The minimum absolute atomic E-state index is 0.0419. The van der Waals surface area contributed by atoms with Crippen molar-refractivity contribution in [2.24, 2.45) is 5.14 Å². The van der Waals surface area contributed by atoms with Crippen molar-refractivity contribution in [3.63, 3.8) is 0 Å². The van der Waals surface area contributed by atoms with E-state index in [1.54, 1.807) is 36.4 Å². The zero-order valence-electron chi connectivity index (χ0n) is 17.6. The van der Waals surface area contributed by atoms with Crippen LogP contribution in [-0.2, 0) is 9.59 Å². The van der Waals surface area contributed by atoms with Crippen molar-refractivity contribution in [2.45, 2.75) is 36.3 Å². The summed E-state index contributed by atoms with van der Waals surface area (Å²) in [6, 6.07) is 12.6. The quantitative estimate of drug-likeness (QED) is 0.174. The molecule has 0 unspecified atom stereocenters. The van der Waals surface area contributed by atoms with Gasteiger partial charge in [-0.1, -0.05) is 24.1 Å².